The molecular weight excluding hydrogens is 298 g/mol. The Hall–Kier alpha value is -1.84. The van der Waals surface area contributed by atoms with Gasteiger partial charge in [0.2, 0.25) is 0 Å². The van der Waals surface area contributed by atoms with Gasteiger partial charge in [0.15, 0.2) is 5.78 Å². The van der Waals surface area contributed by atoms with Gasteiger partial charge in [-0.2, -0.15) is 0 Å². The molecule has 0 aromatic heterocycles. The van der Waals surface area contributed by atoms with Crippen molar-refractivity contribution in [1.82, 2.24) is 5.32 Å². The number of rotatable bonds is 5. The first-order valence-electron chi connectivity index (χ1n) is 7.05. The Morgan fingerprint density at radius 1 is 0.955 bits per heavy atom. The molecule has 0 bridgehead atoms. The van der Waals surface area contributed by atoms with E-state index in [1.807, 2.05) is 63.2 Å². The van der Waals surface area contributed by atoms with Gasteiger partial charge in [-0.3, -0.25) is 4.79 Å². The average Bonchev–Trinajstić information content (AvgIpc) is 2.46. The minimum atomic E-state index is -0.0635. The summed E-state index contributed by atoms with van der Waals surface area (Å²) in [5.41, 5.74) is 0.624. The first-order valence-corrected chi connectivity index (χ1v) is 7.05. The molecule has 1 N–H and O–H groups in total. The number of carbonyl (C=O) groups is 1. The van der Waals surface area contributed by atoms with Gasteiger partial charge < -0.3 is 10.1 Å². The molecule has 0 atom stereocenters. The zero-order valence-corrected chi connectivity index (χ0v) is 13.9. The van der Waals surface area contributed by atoms with Gasteiger partial charge in [0, 0.05) is 11.1 Å². The van der Waals surface area contributed by atoms with Crippen LogP contribution in [0.25, 0.3) is 0 Å². The van der Waals surface area contributed by atoms with E-state index in [4.69, 9.17) is 4.74 Å². The molecule has 2 aromatic carbocycles. The summed E-state index contributed by atoms with van der Waals surface area (Å²) in [7, 11) is 0. The number of benzene rings is 2. The van der Waals surface area contributed by atoms with Gasteiger partial charge in [0.05, 0.1) is 6.54 Å². The molecule has 0 aliphatic rings. The molecular formula is C18H22ClNO2. The Balaban J connectivity index is 0.00000242. The third-order valence-electron chi connectivity index (χ3n) is 2.93. The van der Waals surface area contributed by atoms with Gasteiger partial charge in [0.25, 0.3) is 0 Å². The maximum atomic E-state index is 12.1. The second-order valence-electron chi connectivity index (χ2n) is 5.97. The molecule has 2 rings (SSSR count). The average molecular weight is 320 g/mol. The lowest BCUT2D eigenvalue weighted by Gasteiger charge is -2.19. The molecule has 2 aromatic rings. The van der Waals surface area contributed by atoms with Crippen LogP contribution in [0.2, 0.25) is 0 Å². The fourth-order valence-electron chi connectivity index (χ4n) is 1.78. The molecule has 0 radical (unpaired) electrons. The second-order valence-corrected chi connectivity index (χ2v) is 5.97. The predicted octanol–water partition coefficient (Wildman–Crippen LogP) is 4.47. The van der Waals surface area contributed by atoms with Gasteiger partial charge in [-0.1, -0.05) is 18.2 Å². The van der Waals surface area contributed by atoms with Gasteiger partial charge in [0.1, 0.15) is 11.5 Å². The topological polar surface area (TPSA) is 38.3 Å². The van der Waals surface area contributed by atoms with Crippen LogP contribution < -0.4 is 10.1 Å². The molecule has 0 saturated carbocycles. The first kappa shape index (κ1) is 18.2. The highest BCUT2D eigenvalue weighted by Gasteiger charge is 2.12. The monoisotopic (exact) mass is 319 g/mol. The Kier molecular flexibility index (Phi) is 6.60. The van der Waals surface area contributed by atoms with E-state index in [2.05, 4.69) is 5.32 Å². The molecule has 3 nitrogen and oxygen atoms in total. The van der Waals surface area contributed by atoms with Crippen molar-refractivity contribution in [1.29, 1.82) is 0 Å². The van der Waals surface area contributed by atoms with E-state index in [-0.39, 0.29) is 23.7 Å². The van der Waals surface area contributed by atoms with E-state index in [1.165, 1.54) is 0 Å². The van der Waals surface area contributed by atoms with Crippen molar-refractivity contribution in [3.05, 3.63) is 60.2 Å². The van der Waals surface area contributed by atoms with Crippen molar-refractivity contribution >= 4 is 18.2 Å². The minimum absolute atomic E-state index is 0. The van der Waals surface area contributed by atoms with Gasteiger partial charge in [-0.15, -0.1) is 12.4 Å². The van der Waals surface area contributed by atoms with E-state index in [1.54, 1.807) is 12.1 Å². The normalized spacial score (nSPS) is 10.7. The quantitative estimate of drug-likeness (QED) is 0.826. The van der Waals surface area contributed by atoms with Gasteiger partial charge >= 0.3 is 0 Å². The van der Waals surface area contributed by atoms with E-state index >= 15 is 0 Å². The van der Waals surface area contributed by atoms with Crippen molar-refractivity contribution in [2.45, 2.75) is 26.3 Å². The summed E-state index contributed by atoms with van der Waals surface area (Å²) in [5, 5.41) is 3.19. The summed E-state index contributed by atoms with van der Waals surface area (Å²) in [6.07, 6.45) is 0. The maximum absolute atomic E-state index is 12.1. The number of para-hydroxylation sites is 1. The van der Waals surface area contributed by atoms with Crippen molar-refractivity contribution < 1.29 is 9.53 Å². The Bertz CT molecular complexity index is 589. The number of carbonyl (C=O) groups excluding carboxylic acids is 1. The van der Waals surface area contributed by atoms with Crippen LogP contribution in [0, 0.1) is 0 Å². The Labute approximate surface area is 138 Å². The molecule has 0 amide bonds. The number of Topliss-reactive ketones (excluding diaryl/α,β-unsaturated/α-hetero) is 1. The van der Waals surface area contributed by atoms with Crippen molar-refractivity contribution in [2.24, 2.45) is 0 Å². The summed E-state index contributed by atoms with van der Waals surface area (Å²) in [6, 6.07) is 16.8. The summed E-state index contributed by atoms with van der Waals surface area (Å²) in [4.78, 5) is 12.1. The molecule has 0 aliphatic heterocycles. The fraction of sp³-hybridized carbons (Fsp3) is 0.278. The highest BCUT2D eigenvalue weighted by atomic mass is 35.5. The lowest BCUT2D eigenvalue weighted by molar-refractivity contribution is 0.0982. The number of nitrogens with one attached hydrogen (secondary N) is 1. The van der Waals surface area contributed by atoms with E-state index < -0.39 is 0 Å². The van der Waals surface area contributed by atoms with Crippen LogP contribution in [0.4, 0.5) is 0 Å². The number of ether oxygens (including phenoxy) is 1. The van der Waals surface area contributed by atoms with Crippen LogP contribution in [0.15, 0.2) is 54.6 Å². The number of ketones is 1. The highest BCUT2D eigenvalue weighted by molar-refractivity contribution is 5.97. The van der Waals surface area contributed by atoms with E-state index in [0.717, 1.165) is 11.5 Å². The van der Waals surface area contributed by atoms with Crippen LogP contribution in [-0.4, -0.2) is 17.9 Å². The number of halogens is 1. The third-order valence-corrected chi connectivity index (χ3v) is 2.93. The zero-order valence-electron chi connectivity index (χ0n) is 13.1. The highest BCUT2D eigenvalue weighted by Crippen LogP contribution is 2.21. The Morgan fingerprint density at radius 3 is 2.05 bits per heavy atom. The van der Waals surface area contributed by atoms with E-state index in [0.29, 0.717) is 12.1 Å². The lowest BCUT2D eigenvalue weighted by atomic mass is 10.1. The molecule has 0 aliphatic carbocycles. The van der Waals surface area contributed by atoms with Crippen LogP contribution >= 0.6 is 12.4 Å². The summed E-state index contributed by atoms with van der Waals surface area (Å²) < 4.78 is 5.70. The molecule has 0 spiro atoms. The van der Waals surface area contributed by atoms with Crippen molar-refractivity contribution in [2.75, 3.05) is 6.54 Å². The van der Waals surface area contributed by atoms with Crippen molar-refractivity contribution in [3.8, 4) is 11.5 Å². The SMILES string of the molecule is CC(C)(C)NCC(=O)c1ccc(Oc2ccccc2)cc1.Cl. The molecule has 0 unspecified atom stereocenters. The maximum Gasteiger partial charge on any atom is 0.176 e. The van der Waals surface area contributed by atoms with Crippen LogP contribution in [0.1, 0.15) is 31.1 Å². The minimum Gasteiger partial charge on any atom is -0.457 e. The number of hydrogen-bond acceptors (Lipinski definition) is 3. The summed E-state index contributed by atoms with van der Waals surface area (Å²) in [6.45, 7) is 6.45. The van der Waals surface area contributed by atoms with Crippen LogP contribution in [0.3, 0.4) is 0 Å². The number of hydrogen-bond donors (Lipinski definition) is 1. The van der Waals surface area contributed by atoms with Crippen molar-refractivity contribution in [3.63, 3.8) is 0 Å². The smallest absolute Gasteiger partial charge is 0.176 e. The molecule has 22 heavy (non-hydrogen) atoms. The summed E-state index contributed by atoms with van der Waals surface area (Å²) >= 11 is 0. The molecule has 0 saturated heterocycles. The van der Waals surface area contributed by atoms with Crippen LogP contribution in [0.5, 0.6) is 11.5 Å². The lowest BCUT2D eigenvalue weighted by Crippen LogP contribution is -2.39. The van der Waals surface area contributed by atoms with Gasteiger partial charge in [-0.05, 0) is 57.2 Å². The summed E-state index contributed by atoms with van der Waals surface area (Å²) in [5.74, 6) is 1.59. The fourth-order valence-corrected chi connectivity index (χ4v) is 1.78. The second kappa shape index (κ2) is 7.97. The predicted molar refractivity (Wildman–Crippen MR) is 92.3 cm³/mol. The third kappa shape index (κ3) is 5.88. The largest absolute Gasteiger partial charge is 0.457 e. The van der Waals surface area contributed by atoms with Crippen LogP contribution in [-0.2, 0) is 0 Å². The molecule has 0 heterocycles. The molecule has 0 fully saturated rings. The standard InChI is InChI=1S/C18H21NO2.ClH/c1-18(2,3)19-13-17(20)14-9-11-16(12-10-14)21-15-7-5-4-6-8-15;/h4-12,19H,13H2,1-3H3;1H. The van der Waals surface area contributed by atoms with Gasteiger partial charge in [-0.25, -0.2) is 0 Å². The molecule has 118 valence electrons. The van der Waals surface area contributed by atoms with E-state index in [9.17, 15) is 4.79 Å². The molecule has 4 heteroatoms. The zero-order chi connectivity index (χ0) is 15.3. The Morgan fingerprint density at radius 2 is 1.50 bits per heavy atom. The first-order chi connectivity index (χ1) is 9.94.